The maximum atomic E-state index is 12.6. The summed E-state index contributed by atoms with van der Waals surface area (Å²) in [6.07, 6.45) is 0.825. The van der Waals surface area contributed by atoms with Gasteiger partial charge in [-0.15, -0.1) is 11.8 Å². The van der Waals surface area contributed by atoms with Crippen molar-refractivity contribution in [3.8, 4) is 0 Å². The molecule has 0 saturated carbocycles. The highest BCUT2D eigenvalue weighted by atomic mass is 32.2. The van der Waals surface area contributed by atoms with Gasteiger partial charge < -0.3 is 10.2 Å². The van der Waals surface area contributed by atoms with Gasteiger partial charge in [0.15, 0.2) is 0 Å². The number of nitrogens with zero attached hydrogens (tertiary/aromatic N) is 1. The predicted molar refractivity (Wildman–Crippen MR) is 114 cm³/mol. The molecule has 0 unspecified atom stereocenters. The highest BCUT2D eigenvalue weighted by molar-refractivity contribution is 7.99. The second-order valence-corrected chi connectivity index (χ2v) is 7.64. The summed E-state index contributed by atoms with van der Waals surface area (Å²) >= 11 is 1.59. The van der Waals surface area contributed by atoms with Gasteiger partial charge in [0.2, 0.25) is 11.8 Å². The monoisotopic (exact) mass is 384 g/mol. The van der Waals surface area contributed by atoms with Gasteiger partial charge in [-0.1, -0.05) is 55.0 Å². The lowest BCUT2D eigenvalue weighted by atomic mass is 10.2. The van der Waals surface area contributed by atoms with Crippen LogP contribution in [0.2, 0.25) is 0 Å². The van der Waals surface area contributed by atoms with Crippen LogP contribution in [0.25, 0.3) is 0 Å². The Balaban J connectivity index is 1.85. The van der Waals surface area contributed by atoms with Gasteiger partial charge in [0, 0.05) is 18.0 Å². The summed E-state index contributed by atoms with van der Waals surface area (Å²) in [5.41, 5.74) is 4.24. The van der Waals surface area contributed by atoms with E-state index < -0.39 is 0 Å². The van der Waals surface area contributed by atoms with E-state index in [1.807, 2.05) is 38.1 Å². The van der Waals surface area contributed by atoms with Gasteiger partial charge in [0.25, 0.3) is 0 Å². The molecule has 5 heteroatoms. The minimum absolute atomic E-state index is 0.00824. The summed E-state index contributed by atoms with van der Waals surface area (Å²) in [6.45, 7) is 6.70. The Bertz CT molecular complexity index is 759. The number of rotatable bonds is 9. The minimum Gasteiger partial charge on any atom is -0.333 e. The summed E-state index contributed by atoms with van der Waals surface area (Å²) in [7, 11) is 0. The highest BCUT2D eigenvalue weighted by Gasteiger charge is 2.17. The molecule has 0 fully saturated rings. The van der Waals surface area contributed by atoms with Crippen LogP contribution in [0.5, 0.6) is 0 Å². The molecular formula is C22H28N2O2S. The molecule has 2 aromatic carbocycles. The predicted octanol–water partition coefficient (Wildman–Crippen LogP) is 4.41. The molecule has 0 atom stereocenters. The number of anilines is 1. The van der Waals surface area contributed by atoms with Crippen molar-refractivity contribution in [1.82, 2.24) is 4.90 Å². The fraction of sp³-hybridized carbons (Fsp3) is 0.364. The summed E-state index contributed by atoms with van der Waals surface area (Å²) in [5.74, 6) is 1.02. The molecule has 4 nitrogen and oxygen atoms in total. The Morgan fingerprint density at radius 1 is 1.04 bits per heavy atom. The number of para-hydroxylation sites is 1. The highest BCUT2D eigenvalue weighted by Crippen LogP contribution is 2.15. The topological polar surface area (TPSA) is 49.4 Å². The second kappa shape index (κ2) is 10.8. The number of nitrogens with one attached hydrogen (secondary N) is 1. The Morgan fingerprint density at radius 2 is 1.74 bits per heavy atom. The van der Waals surface area contributed by atoms with Crippen LogP contribution in [0, 0.1) is 13.8 Å². The van der Waals surface area contributed by atoms with Crippen molar-refractivity contribution in [3.05, 3.63) is 65.2 Å². The summed E-state index contributed by atoms with van der Waals surface area (Å²) in [5, 5.41) is 2.90. The zero-order valence-corrected chi connectivity index (χ0v) is 17.1. The first-order valence-corrected chi connectivity index (χ1v) is 10.4. The van der Waals surface area contributed by atoms with Gasteiger partial charge >= 0.3 is 0 Å². The Hall–Kier alpha value is -2.27. The van der Waals surface area contributed by atoms with E-state index in [0.717, 1.165) is 23.4 Å². The molecule has 0 aromatic heterocycles. The van der Waals surface area contributed by atoms with Gasteiger partial charge in [-0.25, -0.2) is 0 Å². The summed E-state index contributed by atoms with van der Waals surface area (Å²) in [6, 6.07) is 16.0. The fourth-order valence-corrected chi connectivity index (χ4v) is 3.56. The van der Waals surface area contributed by atoms with Crippen molar-refractivity contribution in [2.24, 2.45) is 0 Å². The van der Waals surface area contributed by atoms with Crippen LogP contribution in [-0.4, -0.2) is 35.6 Å². The van der Waals surface area contributed by atoms with Gasteiger partial charge in [0.1, 0.15) is 0 Å². The molecule has 0 aliphatic carbocycles. The molecule has 0 spiro atoms. The second-order valence-electron chi connectivity index (χ2n) is 6.66. The van der Waals surface area contributed by atoms with Crippen LogP contribution >= 0.6 is 11.8 Å². The average molecular weight is 385 g/mol. The molecule has 0 aliphatic rings. The third-order valence-electron chi connectivity index (χ3n) is 4.21. The van der Waals surface area contributed by atoms with Crippen LogP contribution in [0.1, 0.15) is 30.0 Å². The Morgan fingerprint density at radius 3 is 2.41 bits per heavy atom. The molecule has 2 amide bonds. The van der Waals surface area contributed by atoms with E-state index in [1.165, 1.54) is 11.1 Å². The van der Waals surface area contributed by atoms with Crippen molar-refractivity contribution in [2.75, 3.05) is 24.2 Å². The quantitative estimate of drug-likeness (QED) is 0.696. The first-order valence-electron chi connectivity index (χ1n) is 9.26. The molecular weight excluding hydrogens is 356 g/mol. The summed E-state index contributed by atoms with van der Waals surface area (Å²) < 4.78 is 0. The number of aryl methyl sites for hydroxylation is 2. The molecule has 2 aromatic rings. The molecule has 0 heterocycles. The van der Waals surface area contributed by atoms with Crippen molar-refractivity contribution in [2.45, 2.75) is 32.9 Å². The molecule has 27 heavy (non-hydrogen) atoms. The van der Waals surface area contributed by atoms with E-state index >= 15 is 0 Å². The maximum absolute atomic E-state index is 12.6. The first-order chi connectivity index (χ1) is 13.0. The lowest BCUT2D eigenvalue weighted by Crippen LogP contribution is -2.39. The van der Waals surface area contributed by atoms with Crippen LogP contribution in [0.15, 0.2) is 48.5 Å². The van der Waals surface area contributed by atoms with E-state index in [0.29, 0.717) is 12.3 Å². The lowest BCUT2D eigenvalue weighted by Gasteiger charge is -2.22. The zero-order chi connectivity index (χ0) is 19.6. The molecule has 1 N–H and O–H groups in total. The fourth-order valence-electron chi connectivity index (χ4n) is 2.67. The average Bonchev–Trinajstić information content (AvgIpc) is 2.65. The van der Waals surface area contributed by atoms with E-state index in [4.69, 9.17) is 0 Å². The largest absolute Gasteiger partial charge is 0.333 e. The van der Waals surface area contributed by atoms with Crippen LogP contribution in [0.3, 0.4) is 0 Å². The minimum atomic E-state index is -0.158. The van der Waals surface area contributed by atoms with Gasteiger partial charge in [-0.2, -0.15) is 0 Å². The van der Waals surface area contributed by atoms with E-state index in [-0.39, 0.29) is 18.4 Å². The van der Waals surface area contributed by atoms with Crippen LogP contribution in [0.4, 0.5) is 5.69 Å². The molecule has 2 rings (SSSR count). The number of carbonyl (C=O) groups is 2. The molecule has 144 valence electrons. The number of benzene rings is 2. The molecule has 0 radical (unpaired) electrons. The lowest BCUT2D eigenvalue weighted by molar-refractivity contribution is -0.132. The number of carbonyl (C=O) groups excluding carboxylic acids is 2. The number of thioether (sulfide) groups is 1. The van der Waals surface area contributed by atoms with Crippen LogP contribution in [-0.2, 0) is 15.3 Å². The van der Waals surface area contributed by atoms with Crippen LogP contribution < -0.4 is 5.32 Å². The molecule has 0 aliphatic heterocycles. The van der Waals surface area contributed by atoms with Crippen molar-refractivity contribution >= 4 is 29.3 Å². The summed E-state index contributed by atoms with van der Waals surface area (Å²) in [4.78, 5) is 26.6. The number of hydrogen-bond donors (Lipinski definition) is 1. The third-order valence-corrected chi connectivity index (χ3v) is 5.20. The van der Waals surface area contributed by atoms with Gasteiger partial charge in [-0.05, 0) is 37.5 Å². The van der Waals surface area contributed by atoms with E-state index in [1.54, 1.807) is 16.7 Å². The molecule has 0 saturated heterocycles. The Labute approximate surface area is 166 Å². The first kappa shape index (κ1) is 21.0. The normalized spacial score (nSPS) is 10.5. The maximum Gasteiger partial charge on any atom is 0.244 e. The zero-order valence-electron chi connectivity index (χ0n) is 16.3. The van der Waals surface area contributed by atoms with Crippen molar-refractivity contribution < 1.29 is 9.59 Å². The third kappa shape index (κ3) is 7.10. The SMILES string of the molecule is CCCN(CC(=O)Nc1ccccc1C)C(=O)CSCc1ccc(C)cc1. The van der Waals surface area contributed by atoms with Crippen molar-refractivity contribution in [3.63, 3.8) is 0 Å². The van der Waals surface area contributed by atoms with E-state index in [2.05, 4.69) is 36.5 Å². The smallest absolute Gasteiger partial charge is 0.244 e. The van der Waals surface area contributed by atoms with E-state index in [9.17, 15) is 9.59 Å². The van der Waals surface area contributed by atoms with Gasteiger partial charge in [0.05, 0.1) is 12.3 Å². The molecule has 0 bridgehead atoms. The standard InChI is InChI=1S/C22H28N2O2S/c1-4-13-24(14-21(25)23-20-8-6-5-7-18(20)3)22(26)16-27-15-19-11-9-17(2)10-12-19/h5-12H,4,13-16H2,1-3H3,(H,23,25). The Kier molecular flexibility index (Phi) is 8.40. The number of amides is 2. The van der Waals surface area contributed by atoms with Crippen molar-refractivity contribution in [1.29, 1.82) is 0 Å². The number of hydrogen-bond acceptors (Lipinski definition) is 3. The van der Waals surface area contributed by atoms with Gasteiger partial charge in [-0.3, -0.25) is 9.59 Å².